The maximum absolute atomic E-state index is 12.3. The first kappa shape index (κ1) is 17.3. The van der Waals surface area contributed by atoms with Crippen molar-refractivity contribution < 1.29 is 18.7 Å². The van der Waals surface area contributed by atoms with E-state index < -0.39 is 12.6 Å². The molecule has 0 spiro atoms. The Balaban J connectivity index is 1.38. The molecule has 3 aromatic rings. The molecule has 1 aliphatic rings. The van der Waals surface area contributed by atoms with Gasteiger partial charge >= 0.3 is 5.97 Å². The fraction of sp³-hybridized carbons (Fsp3) is 0.150. The molecule has 0 radical (unpaired) electrons. The summed E-state index contributed by atoms with van der Waals surface area (Å²) in [7, 11) is 0. The predicted molar refractivity (Wildman–Crippen MR) is 101 cm³/mol. The standard InChI is InChI=1S/C20H15ClN2O4/c21-15-6-7-17-14(10-15)11-18(27-17)20(25)26-12-19(24)23-9-8-16(22-23)13-4-2-1-3-5-13/h1-7,10-11H,8-9,12H2. The average Bonchev–Trinajstić information content (AvgIpc) is 3.33. The molecule has 1 aliphatic heterocycles. The van der Waals surface area contributed by atoms with Gasteiger partial charge in [-0.05, 0) is 29.8 Å². The SMILES string of the molecule is O=C(OCC(=O)N1CCC(c2ccccc2)=N1)c1cc2cc(Cl)ccc2o1. The van der Waals surface area contributed by atoms with E-state index in [1.54, 1.807) is 18.2 Å². The van der Waals surface area contributed by atoms with E-state index in [0.717, 1.165) is 11.3 Å². The van der Waals surface area contributed by atoms with Gasteiger partial charge in [0.25, 0.3) is 5.91 Å². The van der Waals surface area contributed by atoms with Gasteiger partial charge in [0.1, 0.15) is 5.58 Å². The van der Waals surface area contributed by atoms with Crippen LogP contribution >= 0.6 is 11.6 Å². The van der Waals surface area contributed by atoms with Crippen LogP contribution < -0.4 is 0 Å². The molecule has 0 atom stereocenters. The second kappa shape index (κ2) is 7.25. The number of rotatable bonds is 4. The Morgan fingerprint density at radius 3 is 2.78 bits per heavy atom. The number of ether oxygens (including phenoxy) is 1. The summed E-state index contributed by atoms with van der Waals surface area (Å²) in [6, 6.07) is 16.2. The lowest BCUT2D eigenvalue weighted by molar-refractivity contribution is -0.134. The number of carbonyl (C=O) groups is 2. The Bertz CT molecular complexity index is 1040. The van der Waals surface area contributed by atoms with Crippen molar-refractivity contribution >= 4 is 40.2 Å². The van der Waals surface area contributed by atoms with E-state index in [2.05, 4.69) is 5.10 Å². The molecule has 0 N–H and O–H groups in total. The molecule has 4 rings (SSSR count). The third-order valence-electron chi connectivity index (χ3n) is 4.20. The Labute approximate surface area is 160 Å². The summed E-state index contributed by atoms with van der Waals surface area (Å²) in [5, 5.41) is 6.89. The van der Waals surface area contributed by atoms with Gasteiger partial charge in [-0.2, -0.15) is 5.10 Å². The molecule has 27 heavy (non-hydrogen) atoms. The van der Waals surface area contributed by atoms with Crippen LogP contribution in [0.1, 0.15) is 22.5 Å². The molecule has 1 aromatic heterocycles. The van der Waals surface area contributed by atoms with Crippen LogP contribution in [0.25, 0.3) is 11.0 Å². The summed E-state index contributed by atoms with van der Waals surface area (Å²) in [6.07, 6.45) is 0.661. The fourth-order valence-electron chi connectivity index (χ4n) is 2.86. The number of nitrogens with zero attached hydrogens (tertiary/aromatic N) is 2. The van der Waals surface area contributed by atoms with Gasteiger partial charge in [-0.3, -0.25) is 4.79 Å². The lowest BCUT2D eigenvalue weighted by Crippen LogP contribution is -2.28. The highest BCUT2D eigenvalue weighted by Gasteiger charge is 2.23. The van der Waals surface area contributed by atoms with Crippen molar-refractivity contribution in [2.45, 2.75) is 6.42 Å². The number of hydrogen-bond acceptors (Lipinski definition) is 5. The number of benzene rings is 2. The molecule has 2 heterocycles. The molecular formula is C20H15ClN2O4. The zero-order valence-corrected chi connectivity index (χ0v) is 15.0. The Kier molecular flexibility index (Phi) is 4.64. The summed E-state index contributed by atoms with van der Waals surface area (Å²) in [6.45, 7) is 0.0615. The Morgan fingerprint density at radius 1 is 1.15 bits per heavy atom. The molecule has 0 saturated carbocycles. The number of halogens is 1. The second-order valence-corrected chi connectivity index (χ2v) is 6.48. The topological polar surface area (TPSA) is 72.1 Å². The van der Waals surface area contributed by atoms with Gasteiger partial charge in [0.2, 0.25) is 5.76 Å². The van der Waals surface area contributed by atoms with Gasteiger partial charge in [-0.1, -0.05) is 41.9 Å². The highest BCUT2D eigenvalue weighted by molar-refractivity contribution is 6.31. The zero-order valence-electron chi connectivity index (χ0n) is 14.2. The molecule has 136 valence electrons. The third kappa shape index (κ3) is 3.71. The molecule has 7 heteroatoms. The molecule has 0 bridgehead atoms. The highest BCUT2D eigenvalue weighted by atomic mass is 35.5. The predicted octanol–water partition coefficient (Wildman–Crippen LogP) is 3.88. The Morgan fingerprint density at radius 2 is 1.96 bits per heavy atom. The zero-order chi connectivity index (χ0) is 18.8. The van der Waals surface area contributed by atoms with Gasteiger partial charge in [-0.15, -0.1) is 0 Å². The van der Waals surface area contributed by atoms with Crippen LogP contribution in [-0.4, -0.2) is 35.7 Å². The Hall–Kier alpha value is -3.12. The van der Waals surface area contributed by atoms with Crippen molar-refractivity contribution in [3.8, 4) is 0 Å². The van der Waals surface area contributed by atoms with Crippen LogP contribution in [0.3, 0.4) is 0 Å². The van der Waals surface area contributed by atoms with E-state index in [1.165, 1.54) is 11.1 Å². The smallest absolute Gasteiger partial charge is 0.374 e. The second-order valence-electron chi connectivity index (χ2n) is 6.05. The molecule has 2 aromatic carbocycles. The maximum atomic E-state index is 12.3. The van der Waals surface area contributed by atoms with Crippen molar-refractivity contribution in [2.24, 2.45) is 5.10 Å². The van der Waals surface area contributed by atoms with Crippen LogP contribution in [-0.2, 0) is 9.53 Å². The number of fused-ring (bicyclic) bond motifs is 1. The van der Waals surface area contributed by atoms with E-state index in [1.807, 2.05) is 30.3 Å². The van der Waals surface area contributed by atoms with Gasteiger partial charge < -0.3 is 9.15 Å². The summed E-state index contributed by atoms with van der Waals surface area (Å²) >= 11 is 5.92. The first-order chi connectivity index (χ1) is 13.1. The minimum atomic E-state index is -0.706. The van der Waals surface area contributed by atoms with Gasteiger partial charge in [-0.25, -0.2) is 9.80 Å². The quantitative estimate of drug-likeness (QED) is 0.642. The normalized spacial score (nSPS) is 13.7. The van der Waals surface area contributed by atoms with Gasteiger partial charge in [0.15, 0.2) is 6.61 Å². The van der Waals surface area contributed by atoms with Gasteiger partial charge in [0.05, 0.1) is 12.3 Å². The molecule has 1 amide bonds. The number of furan rings is 1. The summed E-state index contributed by atoms with van der Waals surface area (Å²) in [5.41, 5.74) is 2.34. The fourth-order valence-corrected chi connectivity index (χ4v) is 3.04. The van der Waals surface area contributed by atoms with Crippen LogP contribution in [0.2, 0.25) is 5.02 Å². The van der Waals surface area contributed by atoms with Crippen molar-refractivity contribution in [3.63, 3.8) is 0 Å². The van der Waals surface area contributed by atoms with E-state index in [4.69, 9.17) is 20.8 Å². The lowest BCUT2D eigenvalue weighted by Gasteiger charge is -2.10. The minimum Gasteiger partial charge on any atom is -0.450 e. The molecule has 0 fully saturated rings. The molecular weight excluding hydrogens is 368 g/mol. The van der Waals surface area contributed by atoms with E-state index in [0.29, 0.717) is 29.0 Å². The monoisotopic (exact) mass is 382 g/mol. The van der Waals surface area contributed by atoms with Crippen molar-refractivity contribution in [3.05, 3.63) is 70.9 Å². The van der Waals surface area contributed by atoms with Crippen molar-refractivity contribution in [1.82, 2.24) is 5.01 Å². The third-order valence-corrected chi connectivity index (χ3v) is 4.44. The maximum Gasteiger partial charge on any atom is 0.374 e. The van der Waals surface area contributed by atoms with Crippen LogP contribution in [0.4, 0.5) is 0 Å². The molecule has 0 aliphatic carbocycles. The number of esters is 1. The lowest BCUT2D eigenvalue weighted by atomic mass is 10.1. The number of hydrazone groups is 1. The number of amides is 1. The number of hydrogen-bond donors (Lipinski definition) is 0. The molecule has 0 saturated heterocycles. The van der Waals surface area contributed by atoms with Gasteiger partial charge in [0, 0.05) is 16.8 Å². The van der Waals surface area contributed by atoms with Crippen LogP contribution in [0, 0.1) is 0 Å². The summed E-state index contributed by atoms with van der Waals surface area (Å²) < 4.78 is 10.5. The van der Waals surface area contributed by atoms with Crippen LogP contribution in [0.15, 0.2) is 64.1 Å². The van der Waals surface area contributed by atoms with Crippen molar-refractivity contribution in [2.75, 3.05) is 13.2 Å². The van der Waals surface area contributed by atoms with E-state index in [-0.39, 0.29) is 11.7 Å². The van der Waals surface area contributed by atoms with E-state index in [9.17, 15) is 9.59 Å². The highest BCUT2D eigenvalue weighted by Crippen LogP contribution is 2.23. The minimum absolute atomic E-state index is 0.0231. The van der Waals surface area contributed by atoms with E-state index >= 15 is 0 Å². The molecule has 0 unspecified atom stereocenters. The average molecular weight is 383 g/mol. The first-order valence-corrected chi connectivity index (χ1v) is 8.77. The molecule has 6 nitrogen and oxygen atoms in total. The first-order valence-electron chi connectivity index (χ1n) is 8.39. The van der Waals surface area contributed by atoms with Crippen LogP contribution in [0.5, 0.6) is 0 Å². The van der Waals surface area contributed by atoms with Crippen molar-refractivity contribution in [1.29, 1.82) is 0 Å². The largest absolute Gasteiger partial charge is 0.450 e. The number of carbonyl (C=O) groups excluding carboxylic acids is 2. The summed E-state index contributed by atoms with van der Waals surface area (Å²) in [5.74, 6) is -1.06. The summed E-state index contributed by atoms with van der Waals surface area (Å²) in [4.78, 5) is 24.4.